The summed E-state index contributed by atoms with van der Waals surface area (Å²) in [7, 11) is 0. The van der Waals surface area contributed by atoms with Crippen molar-refractivity contribution in [3.63, 3.8) is 0 Å². The average molecular weight is 280 g/mol. The third-order valence-corrected chi connectivity index (χ3v) is 3.54. The zero-order chi connectivity index (χ0) is 15.1. The molecule has 0 bridgehead atoms. The highest BCUT2D eigenvalue weighted by Gasteiger charge is 2.44. The summed E-state index contributed by atoms with van der Waals surface area (Å²) < 4.78 is 0. The second kappa shape index (κ2) is 4.47. The monoisotopic (exact) mass is 280 g/mol. The Hall–Kier alpha value is -3.11. The third kappa shape index (κ3) is 1.70. The number of ketones is 2. The highest BCUT2D eigenvalue weighted by Crippen LogP contribution is 2.32. The van der Waals surface area contributed by atoms with Crippen LogP contribution in [0.2, 0.25) is 0 Å². The second-order valence-electron chi connectivity index (χ2n) is 4.65. The van der Waals surface area contributed by atoms with Gasteiger partial charge in [0.1, 0.15) is 5.57 Å². The Morgan fingerprint density at radius 3 is 2.33 bits per heavy atom. The van der Waals surface area contributed by atoms with Crippen LogP contribution in [0, 0.1) is 5.92 Å². The maximum atomic E-state index is 12.5. The third-order valence-electron chi connectivity index (χ3n) is 3.54. The van der Waals surface area contributed by atoms with Crippen molar-refractivity contribution in [3.05, 3.63) is 64.2 Å². The van der Waals surface area contributed by atoms with E-state index in [1.165, 1.54) is 24.3 Å². The van der Waals surface area contributed by atoms with Gasteiger partial charge in [0.15, 0.2) is 11.7 Å². The van der Waals surface area contributed by atoms with Gasteiger partial charge in [0.05, 0.1) is 0 Å². The number of carbonyl (C=O) groups excluding carboxylic acids is 2. The molecule has 6 heteroatoms. The molecule has 0 saturated heterocycles. The normalized spacial score (nSPS) is 20.0. The molecule has 1 aromatic carbocycles. The summed E-state index contributed by atoms with van der Waals surface area (Å²) in [6, 6.07) is 6.27. The van der Waals surface area contributed by atoms with Gasteiger partial charge in [0.25, 0.3) is 0 Å². The van der Waals surface area contributed by atoms with E-state index in [1.54, 1.807) is 12.1 Å². The van der Waals surface area contributed by atoms with E-state index >= 15 is 0 Å². The first-order valence-corrected chi connectivity index (χ1v) is 6.12. The Bertz CT molecular complexity index is 826. The number of hydrogen-bond acceptors (Lipinski definition) is 3. The van der Waals surface area contributed by atoms with Crippen molar-refractivity contribution in [2.45, 2.75) is 0 Å². The van der Waals surface area contributed by atoms with Gasteiger partial charge >= 0.3 is 11.7 Å². The molecule has 0 saturated carbocycles. The van der Waals surface area contributed by atoms with E-state index in [2.05, 4.69) is 4.79 Å². The van der Waals surface area contributed by atoms with Crippen LogP contribution in [0.1, 0.15) is 20.7 Å². The van der Waals surface area contributed by atoms with Crippen molar-refractivity contribution in [3.8, 4) is 0 Å². The number of hydrogen-bond donors (Lipinski definition) is 1. The molecule has 0 fully saturated rings. The standard InChI is InChI=1S/C15H8N2O4/c16-17-12-10(15(20)21)6-5-9-11(12)14(19)8-4-2-1-3-7(8)13(9)18/h1-6,10H,(H,20,21). The summed E-state index contributed by atoms with van der Waals surface area (Å²) in [5, 5.41) is 9.12. The minimum absolute atomic E-state index is 0.0593. The van der Waals surface area contributed by atoms with Crippen molar-refractivity contribution in [1.29, 1.82) is 0 Å². The molecule has 0 spiro atoms. The van der Waals surface area contributed by atoms with E-state index in [1.807, 2.05) is 0 Å². The zero-order valence-electron chi connectivity index (χ0n) is 10.6. The van der Waals surface area contributed by atoms with Crippen LogP contribution in [0.25, 0.3) is 5.53 Å². The molecule has 0 radical (unpaired) electrons. The summed E-state index contributed by atoms with van der Waals surface area (Å²) in [5.41, 5.74) is 9.14. The lowest BCUT2D eigenvalue weighted by atomic mass is 9.76. The predicted molar refractivity (Wildman–Crippen MR) is 71.0 cm³/mol. The molecule has 0 aliphatic heterocycles. The predicted octanol–water partition coefficient (Wildman–Crippen LogP) is 1.30. The highest BCUT2D eigenvalue weighted by atomic mass is 16.4. The van der Waals surface area contributed by atoms with E-state index < -0.39 is 17.7 Å². The lowest BCUT2D eigenvalue weighted by Gasteiger charge is -2.20. The lowest BCUT2D eigenvalue weighted by Crippen LogP contribution is -2.35. The number of nitrogens with zero attached hydrogens (tertiary/aromatic N) is 2. The van der Waals surface area contributed by atoms with Gasteiger partial charge in [-0.05, 0) is 0 Å². The highest BCUT2D eigenvalue weighted by molar-refractivity contribution is 6.39. The number of rotatable bonds is 1. The van der Waals surface area contributed by atoms with Crippen LogP contribution in [0.5, 0.6) is 0 Å². The van der Waals surface area contributed by atoms with E-state index in [0.29, 0.717) is 0 Å². The Balaban J connectivity index is 2.27. The van der Waals surface area contributed by atoms with Crippen LogP contribution in [-0.4, -0.2) is 33.1 Å². The summed E-state index contributed by atoms with van der Waals surface area (Å²) in [5.74, 6) is -3.41. The fourth-order valence-corrected chi connectivity index (χ4v) is 2.56. The SMILES string of the molecule is [N-]=[N+]=C1C2=C(C=CC1C(=O)O)C(=O)c1ccccc1C2=O. The summed E-state index contributed by atoms with van der Waals surface area (Å²) >= 11 is 0. The Kier molecular flexibility index (Phi) is 2.75. The Labute approximate surface area is 118 Å². The zero-order valence-corrected chi connectivity index (χ0v) is 10.6. The fourth-order valence-electron chi connectivity index (χ4n) is 2.56. The summed E-state index contributed by atoms with van der Waals surface area (Å²) in [4.78, 5) is 39.0. The number of aliphatic carboxylic acids is 1. The average Bonchev–Trinajstić information content (AvgIpc) is 2.51. The van der Waals surface area contributed by atoms with Crippen molar-refractivity contribution < 1.29 is 24.3 Å². The fraction of sp³-hybridized carbons (Fsp3) is 0.0667. The number of carboxylic acids is 1. The van der Waals surface area contributed by atoms with Gasteiger partial charge in [-0.3, -0.25) is 14.4 Å². The van der Waals surface area contributed by atoms with Gasteiger partial charge in [0.2, 0.25) is 5.78 Å². The summed E-state index contributed by atoms with van der Waals surface area (Å²) in [6.45, 7) is 0. The van der Waals surface area contributed by atoms with Crippen molar-refractivity contribution in [2.75, 3.05) is 0 Å². The van der Waals surface area contributed by atoms with Gasteiger partial charge in [0, 0.05) is 16.7 Å². The van der Waals surface area contributed by atoms with Crippen molar-refractivity contribution in [2.24, 2.45) is 5.92 Å². The first-order valence-electron chi connectivity index (χ1n) is 6.12. The molecule has 1 unspecified atom stereocenters. The van der Waals surface area contributed by atoms with Crippen LogP contribution in [0.3, 0.4) is 0 Å². The second-order valence-corrected chi connectivity index (χ2v) is 4.65. The van der Waals surface area contributed by atoms with Crippen LogP contribution in [0.15, 0.2) is 47.6 Å². The van der Waals surface area contributed by atoms with Gasteiger partial charge in [-0.2, -0.15) is 4.79 Å². The molecule has 102 valence electrons. The molecule has 1 N–H and O–H groups in total. The molecule has 0 aromatic heterocycles. The molecule has 1 aromatic rings. The Morgan fingerprint density at radius 2 is 1.76 bits per heavy atom. The first kappa shape index (κ1) is 12.9. The van der Waals surface area contributed by atoms with Crippen LogP contribution < -0.4 is 0 Å². The molecule has 0 heterocycles. The van der Waals surface area contributed by atoms with Gasteiger partial charge < -0.3 is 10.6 Å². The number of carbonyl (C=O) groups is 3. The quantitative estimate of drug-likeness (QED) is 0.617. The van der Waals surface area contributed by atoms with Crippen LogP contribution in [-0.2, 0) is 4.79 Å². The van der Waals surface area contributed by atoms with Gasteiger partial charge in [-0.1, -0.05) is 36.4 Å². The van der Waals surface area contributed by atoms with E-state index in [-0.39, 0.29) is 33.8 Å². The van der Waals surface area contributed by atoms with E-state index in [9.17, 15) is 14.4 Å². The molecule has 2 aliphatic carbocycles. The number of benzene rings is 1. The molecular formula is C15H8N2O4. The molecule has 2 aliphatic rings. The minimum Gasteiger partial charge on any atom is -0.480 e. The molecule has 21 heavy (non-hydrogen) atoms. The smallest absolute Gasteiger partial charge is 0.322 e. The number of carboxylic acid groups (broad SMARTS) is 1. The van der Waals surface area contributed by atoms with Gasteiger partial charge in [-0.25, -0.2) is 0 Å². The van der Waals surface area contributed by atoms with E-state index in [0.717, 1.165) is 0 Å². The van der Waals surface area contributed by atoms with Gasteiger partial charge in [-0.15, -0.1) is 0 Å². The van der Waals surface area contributed by atoms with Crippen LogP contribution in [0.4, 0.5) is 0 Å². The Morgan fingerprint density at radius 1 is 1.14 bits per heavy atom. The lowest BCUT2D eigenvalue weighted by molar-refractivity contribution is -0.139. The van der Waals surface area contributed by atoms with Crippen molar-refractivity contribution >= 4 is 23.2 Å². The maximum absolute atomic E-state index is 12.5. The van der Waals surface area contributed by atoms with E-state index in [4.69, 9.17) is 10.6 Å². The molecule has 1 atom stereocenters. The number of fused-ring (bicyclic) bond motifs is 1. The topological polar surface area (TPSA) is 108 Å². The molecule has 6 nitrogen and oxygen atoms in total. The number of Topliss-reactive ketones (excluding diaryl/α,β-unsaturated/α-hetero) is 2. The first-order chi connectivity index (χ1) is 10.1. The van der Waals surface area contributed by atoms with Crippen molar-refractivity contribution in [1.82, 2.24) is 0 Å². The largest absolute Gasteiger partial charge is 0.480 e. The molecule has 0 amide bonds. The number of allylic oxidation sites excluding steroid dienone is 3. The molecule has 3 rings (SSSR count). The minimum atomic E-state index is -1.26. The van der Waals surface area contributed by atoms with Crippen LogP contribution >= 0.6 is 0 Å². The summed E-state index contributed by atoms with van der Waals surface area (Å²) in [6.07, 6.45) is 2.54. The molecular weight excluding hydrogens is 272 g/mol. The maximum Gasteiger partial charge on any atom is 0.322 e.